The van der Waals surface area contributed by atoms with Crippen molar-refractivity contribution in [2.75, 3.05) is 0 Å². The molecule has 2 amide bonds. The van der Waals surface area contributed by atoms with E-state index in [9.17, 15) is 9.59 Å². The van der Waals surface area contributed by atoms with Gasteiger partial charge in [-0.3, -0.25) is 0 Å². The lowest BCUT2D eigenvalue weighted by molar-refractivity contribution is -0.140. The maximum atomic E-state index is 13.1. The van der Waals surface area contributed by atoms with Gasteiger partial charge in [-0.15, -0.1) is 0 Å². The number of ether oxygens (including phenoxy) is 2. The summed E-state index contributed by atoms with van der Waals surface area (Å²) in [7, 11) is 0. The summed E-state index contributed by atoms with van der Waals surface area (Å²) in [5, 5.41) is 5.52. The Bertz CT molecular complexity index is 1130. The Morgan fingerprint density at radius 1 is 0.844 bits per heavy atom. The van der Waals surface area contributed by atoms with Crippen molar-refractivity contribution in [1.29, 1.82) is 0 Å². The Labute approximate surface area is 186 Å². The topological polar surface area (TPSA) is 76.7 Å². The van der Waals surface area contributed by atoms with Crippen LogP contribution in [-0.2, 0) is 22.7 Å². The molecule has 1 atom stereocenters. The standard InChI is InChI=1S/C26H24N2O4/c1-18-23(25(29)32-17-20-12-6-3-7-13-20)24(28-26(30)27-18)21-14-8-9-15-22(21)31-16-19-10-4-2-5-11-19/h2-15,24H,16-17H2,1H3,(H2,27,28,30)/t24-/m1/s1. The number of amides is 2. The molecule has 162 valence electrons. The lowest BCUT2D eigenvalue weighted by atomic mass is 9.95. The molecule has 0 radical (unpaired) electrons. The van der Waals surface area contributed by atoms with Gasteiger partial charge in [0.05, 0.1) is 11.6 Å². The van der Waals surface area contributed by atoms with E-state index in [1.807, 2.05) is 84.9 Å². The van der Waals surface area contributed by atoms with Gasteiger partial charge in [-0.1, -0.05) is 78.9 Å². The Balaban J connectivity index is 1.58. The van der Waals surface area contributed by atoms with Gasteiger partial charge in [0.2, 0.25) is 0 Å². The summed E-state index contributed by atoms with van der Waals surface area (Å²) in [6.07, 6.45) is 0. The van der Waals surface area contributed by atoms with Crippen molar-refractivity contribution >= 4 is 12.0 Å². The first-order valence-corrected chi connectivity index (χ1v) is 10.4. The molecule has 3 aromatic rings. The Morgan fingerprint density at radius 3 is 2.12 bits per heavy atom. The normalized spacial score (nSPS) is 15.5. The van der Waals surface area contributed by atoms with Gasteiger partial charge < -0.3 is 20.1 Å². The number of urea groups is 1. The highest BCUT2D eigenvalue weighted by atomic mass is 16.5. The van der Waals surface area contributed by atoms with Crippen LogP contribution in [0.3, 0.4) is 0 Å². The van der Waals surface area contributed by atoms with Crippen molar-refractivity contribution < 1.29 is 19.1 Å². The second kappa shape index (κ2) is 9.83. The molecule has 2 N–H and O–H groups in total. The molecule has 4 rings (SSSR count). The monoisotopic (exact) mass is 428 g/mol. The third-order valence-electron chi connectivity index (χ3n) is 5.17. The minimum atomic E-state index is -0.695. The first-order valence-electron chi connectivity index (χ1n) is 10.4. The molecule has 0 unspecified atom stereocenters. The number of carbonyl (C=O) groups excluding carboxylic acids is 2. The van der Waals surface area contributed by atoms with Crippen molar-refractivity contribution in [1.82, 2.24) is 10.6 Å². The minimum Gasteiger partial charge on any atom is -0.489 e. The molecule has 0 aromatic heterocycles. The predicted octanol–water partition coefficient (Wildman–Crippen LogP) is 4.64. The third kappa shape index (κ3) is 4.98. The summed E-state index contributed by atoms with van der Waals surface area (Å²) < 4.78 is 11.6. The van der Waals surface area contributed by atoms with Gasteiger partial charge in [-0.2, -0.15) is 0 Å². The third-order valence-corrected chi connectivity index (χ3v) is 5.17. The van der Waals surface area contributed by atoms with E-state index in [2.05, 4.69) is 10.6 Å². The molecule has 3 aromatic carbocycles. The van der Waals surface area contributed by atoms with Crippen molar-refractivity contribution in [2.24, 2.45) is 0 Å². The molecule has 6 nitrogen and oxygen atoms in total. The molecular formula is C26H24N2O4. The fourth-order valence-electron chi connectivity index (χ4n) is 3.58. The van der Waals surface area contributed by atoms with Gasteiger partial charge >= 0.3 is 12.0 Å². The molecule has 32 heavy (non-hydrogen) atoms. The first-order chi connectivity index (χ1) is 15.6. The zero-order valence-corrected chi connectivity index (χ0v) is 17.7. The first kappa shape index (κ1) is 21.2. The highest BCUT2D eigenvalue weighted by Crippen LogP contribution is 2.34. The second-order valence-electron chi connectivity index (χ2n) is 7.44. The Kier molecular flexibility index (Phi) is 6.51. The number of nitrogens with one attached hydrogen (secondary N) is 2. The highest BCUT2D eigenvalue weighted by Gasteiger charge is 2.34. The van der Waals surface area contributed by atoms with E-state index in [4.69, 9.17) is 9.47 Å². The minimum absolute atomic E-state index is 0.142. The zero-order chi connectivity index (χ0) is 22.3. The summed E-state index contributed by atoms with van der Waals surface area (Å²) in [4.78, 5) is 25.3. The molecule has 0 fully saturated rings. The highest BCUT2D eigenvalue weighted by molar-refractivity contribution is 5.95. The lowest BCUT2D eigenvalue weighted by Crippen LogP contribution is -2.45. The number of rotatable bonds is 7. The Hall–Kier alpha value is -4.06. The van der Waals surface area contributed by atoms with Crippen LogP contribution < -0.4 is 15.4 Å². The van der Waals surface area contributed by atoms with Crippen LogP contribution >= 0.6 is 0 Å². The van der Waals surface area contributed by atoms with Crippen LogP contribution in [0.1, 0.15) is 29.7 Å². The SMILES string of the molecule is CC1=C(C(=O)OCc2ccccc2)[C@@H](c2ccccc2OCc2ccccc2)NC(=O)N1. The van der Waals surface area contributed by atoms with Gasteiger partial charge in [0.15, 0.2) is 0 Å². The van der Waals surface area contributed by atoms with Gasteiger partial charge in [-0.25, -0.2) is 9.59 Å². The van der Waals surface area contributed by atoms with E-state index in [1.54, 1.807) is 6.92 Å². The number of hydrogen-bond acceptors (Lipinski definition) is 4. The molecule has 1 heterocycles. The van der Waals surface area contributed by atoms with E-state index in [0.29, 0.717) is 29.2 Å². The van der Waals surface area contributed by atoms with Gasteiger partial charge in [0.25, 0.3) is 0 Å². The van der Waals surface area contributed by atoms with E-state index < -0.39 is 12.0 Å². The summed E-state index contributed by atoms with van der Waals surface area (Å²) in [5.41, 5.74) is 3.39. The summed E-state index contributed by atoms with van der Waals surface area (Å²) in [6.45, 7) is 2.20. The smallest absolute Gasteiger partial charge is 0.338 e. The lowest BCUT2D eigenvalue weighted by Gasteiger charge is -2.29. The van der Waals surface area contributed by atoms with Crippen molar-refractivity contribution in [2.45, 2.75) is 26.2 Å². The number of esters is 1. The molecule has 6 heteroatoms. The van der Waals surface area contributed by atoms with Crippen LogP contribution in [0.25, 0.3) is 0 Å². The quantitative estimate of drug-likeness (QED) is 0.538. The van der Waals surface area contributed by atoms with Crippen LogP contribution in [0, 0.1) is 0 Å². The van der Waals surface area contributed by atoms with Gasteiger partial charge in [0.1, 0.15) is 19.0 Å². The number of benzene rings is 3. The maximum Gasteiger partial charge on any atom is 0.338 e. The number of para-hydroxylation sites is 1. The van der Waals surface area contributed by atoms with Gasteiger partial charge in [-0.05, 0) is 24.1 Å². The molecule has 1 aliphatic heterocycles. The maximum absolute atomic E-state index is 13.1. The molecule has 1 aliphatic rings. The van der Waals surface area contributed by atoms with E-state index in [1.165, 1.54) is 0 Å². The fourth-order valence-corrected chi connectivity index (χ4v) is 3.58. The van der Waals surface area contributed by atoms with Crippen LogP contribution in [0.15, 0.2) is 96.2 Å². The molecular weight excluding hydrogens is 404 g/mol. The largest absolute Gasteiger partial charge is 0.489 e. The average molecular weight is 428 g/mol. The van der Waals surface area contributed by atoms with E-state index in [-0.39, 0.29) is 12.6 Å². The zero-order valence-electron chi connectivity index (χ0n) is 17.7. The van der Waals surface area contributed by atoms with Crippen molar-refractivity contribution in [3.8, 4) is 5.75 Å². The summed E-state index contributed by atoms with van der Waals surface area (Å²) >= 11 is 0. The second-order valence-corrected chi connectivity index (χ2v) is 7.44. The molecule has 0 saturated heterocycles. The number of carbonyl (C=O) groups is 2. The van der Waals surface area contributed by atoms with E-state index >= 15 is 0 Å². The molecule has 0 bridgehead atoms. The van der Waals surface area contributed by atoms with Crippen LogP contribution in [0.2, 0.25) is 0 Å². The van der Waals surface area contributed by atoms with Crippen LogP contribution in [0.5, 0.6) is 5.75 Å². The van der Waals surface area contributed by atoms with E-state index in [0.717, 1.165) is 11.1 Å². The van der Waals surface area contributed by atoms with Crippen LogP contribution in [-0.4, -0.2) is 12.0 Å². The predicted molar refractivity (Wildman–Crippen MR) is 121 cm³/mol. The fraction of sp³-hybridized carbons (Fsp3) is 0.154. The summed E-state index contributed by atoms with van der Waals surface area (Å²) in [5.74, 6) is 0.0893. The van der Waals surface area contributed by atoms with Crippen LogP contribution in [0.4, 0.5) is 4.79 Å². The number of hydrogen-bond donors (Lipinski definition) is 2. The molecule has 0 spiro atoms. The molecule has 0 saturated carbocycles. The van der Waals surface area contributed by atoms with Gasteiger partial charge in [0, 0.05) is 11.3 Å². The molecule has 0 aliphatic carbocycles. The summed E-state index contributed by atoms with van der Waals surface area (Å²) in [6, 6.07) is 25.6. The number of allylic oxidation sites excluding steroid dienone is 1. The Morgan fingerprint density at radius 2 is 1.44 bits per heavy atom. The van der Waals surface area contributed by atoms with Crippen molar-refractivity contribution in [3.63, 3.8) is 0 Å². The average Bonchev–Trinajstić information content (AvgIpc) is 2.82. The van der Waals surface area contributed by atoms with Crippen molar-refractivity contribution in [3.05, 3.63) is 113 Å².